The molecule has 3 rings (SSSR count). The van der Waals surface area contributed by atoms with Crippen LogP contribution in [-0.4, -0.2) is 15.0 Å². The van der Waals surface area contributed by atoms with E-state index in [1.54, 1.807) is 10.8 Å². The largest absolute Gasteiger partial charge is 0.202 e. The second kappa shape index (κ2) is 4.75. The average molecular weight is 246 g/mol. The second-order valence-electron chi connectivity index (χ2n) is 4.04. The molecule has 0 amide bonds. The van der Waals surface area contributed by atoms with Crippen molar-refractivity contribution in [3.63, 3.8) is 0 Å². The molecule has 0 unspecified atom stereocenters. The van der Waals surface area contributed by atoms with Crippen LogP contribution in [0.25, 0.3) is 22.8 Å². The minimum absolute atomic E-state index is 0.444. The smallest absolute Gasteiger partial charge is 0.145 e. The molecule has 4 nitrogen and oxygen atoms in total. The van der Waals surface area contributed by atoms with Crippen LogP contribution in [0, 0.1) is 11.3 Å². The van der Waals surface area contributed by atoms with Gasteiger partial charge in [-0.3, -0.25) is 0 Å². The van der Waals surface area contributed by atoms with Crippen LogP contribution in [0.1, 0.15) is 5.56 Å². The summed E-state index contributed by atoms with van der Waals surface area (Å²) in [5, 5.41) is 17.4. The number of hydrogen-bond donors (Lipinski definition) is 0. The Morgan fingerprint density at radius 1 is 1.05 bits per heavy atom. The van der Waals surface area contributed by atoms with Crippen LogP contribution < -0.4 is 0 Å². The van der Waals surface area contributed by atoms with Gasteiger partial charge in [-0.2, -0.15) is 5.26 Å². The summed E-state index contributed by atoms with van der Waals surface area (Å²) in [6.07, 6.45) is 1.79. The number of hydrogen-bond acceptors (Lipinski definition) is 3. The average Bonchev–Trinajstić information content (AvgIpc) is 2.90. The highest BCUT2D eigenvalue weighted by Gasteiger charge is 2.07. The molecule has 0 N–H and O–H groups in total. The fourth-order valence-corrected chi connectivity index (χ4v) is 1.89. The SMILES string of the molecule is N#CC(=Cc1ccccc1)n1nnc2ccccc21. The lowest BCUT2D eigenvalue weighted by atomic mass is 10.2. The Bertz CT molecular complexity index is 779. The van der Waals surface area contributed by atoms with E-state index in [0.717, 1.165) is 16.6 Å². The molecule has 0 saturated carbocycles. The number of fused-ring (bicyclic) bond motifs is 1. The van der Waals surface area contributed by atoms with Crippen molar-refractivity contribution < 1.29 is 0 Å². The van der Waals surface area contributed by atoms with E-state index in [4.69, 9.17) is 0 Å². The van der Waals surface area contributed by atoms with Gasteiger partial charge in [-0.25, -0.2) is 4.68 Å². The molecule has 0 aliphatic rings. The molecule has 4 heteroatoms. The maximum atomic E-state index is 9.31. The van der Waals surface area contributed by atoms with Crippen molar-refractivity contribution in [1.82, 2.24) is 15.0 Å². The molecule has 3 aromatic rings. The molecule has 0 saturated heterocycles. The van der Waals surface area contributed by atoms with Crippen LogP contribution in [0.3, 0.4) is 0 Å². The summed E-state index contributed by atoms with van der Waals surface area (Å²) in [5.41, 5.74) is 3.00. The van der Waals surface area contributed by atoms with E-state index >= 15 is 0 Å². The Morgan fingerprint density at radius 2 is 1.79 bits per heavy atom. The molecule has 19 heavy (non-hydrogen) atoms. The van der Waals surface area contributed by atoms with Gasteiger partial charge in [0.25, 0.3) is 0 Å². The van der Waals surface area contributed by atoms with Gasteiger partial charge in [0.05, 0.1) is 5.52 Å². The first kappa shape index (κ1) is 11.2. The Balaban J connectivity index is 2.14. The quantitative estimate of drug-likeness (QED) is 0.653. The maximum Gasteiger partial charge on any atom is 0.145 e. The molecule has 0 spiro atoms. The van der Waals surface area contributed by atoms with E-state index in [1.165, 1.54) is 0 Å². The summed E-state index contributed by atoms with van der Waals surface area (Å²) in [6.45, 7) is 0. The predicted octanol–water partition coefficient (Wildman–Crippen LogP) is 2.95. The van der Waals surface area contributed by atoms with E-state index in [9.17, 15) is 5.26 Å². The fourth-order valence-electron chi connectivity index (χ4n) is 1.89. The summed E-state index contributed by atoms with van der Waals surface area (Å²) in [4.78, 5) is 0. The van der Waals surface area contributed by atoms with Crippen LogP contribution in [0.5, 0.6) is 0 Å². The van der Waals surface area contributed by atoms with Crippen molar-refractivity contribution >= 4 is 22.8 Å². The van der Waals surface area contributed by atoms with Crippen LogP contribution in [0.4, 0.5) is 0 Å². The molecule has 1 aromatic heterocycles. The number of para-hydroxylation sites is 1. The van der Waals surface area contributed by atoms with Crippen molar-refractivity contribution in [2.75, 3.05) is 0 Å². The van der Waals surface area contributed by atoms with E-state index in [-0.39, 0.29) is 0 Å². The molecular weight excluding hydrogens is 236 g/mol. The summed E-state index contributed by atoms with van der Waals surface area (Å²) >= 11 is 0. The molecule has 0 aliphatic heterocycles. The molecule has 0 aliphatic carbocycles. The Labute approximate surface area is 110 Å². The van der Waals surface area contributed by atoms with Crippen molar-refractivity contribution in [3.8, 4) is 6.07 Å². The highest BCUT2D eigenvalue weighted by atomic mass is 15.4. The van der Waals surface area contributed by atoms with Gasteiger partial charge in [0.2, 0.25) is 0 Å². The highest BCUT2D eigenvalue weighted by molar-refractivity contribution is 5.86. The number of allylic oxidation sites excluding steroid dienone is 1. The minimum Gasteiger partial charge on any atom is -0.202 e. The van der Waals surface area contributed by atoms with Crippen LogP contribution in [-0.2, 0) is 0 Å². The van der Waals surface area contributed by atoms with Gasteiger partial charge < -0.3 is 0 Å². The molecule has 0 atom stereocenters. The number of nitrogens with zero attached hydrogens (tertiary/aromatic N) is 4. The standard InChI is InChI=1S/C15H10N4/c16-11-13(10-12-6-2-1-3-7-12)19-15-9-5-4-8-14(15)17-18-19/h1-10H. The van der Waals surface area contributed by atoms with Crippen LogP contribution in [0.2, 0.25) is 0 Å². The number of rotatable bonds is 2. The van der Waals surface area contributed by atoms with Crippen molar-refractivity contribution in [2.45, 2.75) is 0 Å². The number of aromatic nitrogens is 3. The van der Waals surface area contributed by atoms with Gasteiger partial charge in [0.15, 0.2) is 0 Å². The first-order chi connectivity index (χ1) is 9.38. The molecule has 2 aromatic carbocycles. The summed E-state index contributed by atoms with van der Waals surface area (Å²) in [7, 11) is 0. The molecule has 1 heterocycles. The molecule has 90 valence electrons. The Morgan fingerprint density at radius 3 is 2.58 bits per heavy atom. The third kappa shape index (κ3) is 2.09. The Hall–Kier alpha value is -2.93. The van der Waals surface area contributed by atoms with E-state index in [2.05, 4.69) is 16.4 Å². The lowest BCUT2D eigenvalue weighted by Crippen LogP contribution is -1.97. The number of benzene rings is 2. The maximum absolute atomic E-state index is 9.31. The highest BCUT2D eigenvalue weighted by Crippen LogP contribution is 2.16. The van der Waals surface area contributed by atoms with Crippen molar-refractivity contribution in [1.29, 1.82) is 5.26 Å². The monoisotopic (exact) mass is 246 g/mol. The summed E-state index contributed by atoms with van der Waals surface area (Å²) in [5.74, 6) is 0. The zero-order valence-corrected chi connectivity index (χ0v) is 10.1. The van der Waals surface area contributed by atoms with E-state index in [0.29, 0.717) is 5.70 Å². The molecular formula is C15H10N4. The van der Waals surface area contributed by atoms with Gasteiger partial charge in [0.1, 0.15) is 17.3 Å². The van der Waals surface area contributed by atoms with E-state index < -0.39 is 0 Å². The normalized spacial score (nSPS) is 11.4. The van der Waals surface area contributed by atoms with Gasteiger partial charge >= 0.3 is 0 Å². The predicted molar refractivity (Wildman–Crippen MR) is 73.8 cm³/mol. The fraction of sp³-hybridized carbons (Fsp3) is 0. The Kier molecular flexibility index (Phi) is 2.79. The van der Waals surface area contributed by atoms with Crippen LogP contribution in [0.15, 0.2) is 54.6 Å². The minimum atomic E-state index is 0.444. The van der Waals surface area contributed by atoms with Crippen LogP contribution >= 0.6 is 0 Å². The third-order valence-corrected chi connectivity index (χ3v) is 2.80. The van der Waals surface area contributed by atoms with Crippen molar-refractivity contribution in [2.24, 2.45) is 0 Å². The zero-order chi connectivity index (χ0) is 13.1. The van der Waals surface area contributed by atoms with Gasteiger partial charge in [0, 0.05) is 0 Å². The van der Waals surface area contributed by atoms with E-state index in [1.807, 2.05) is 54.6 Å². The summed E-state index contributed by atoms with van der Waals surface area (Å²) < 4.78 is 1.56. The lowest BCUT2D eigenvalue weighted by molar-refractivity contribution is 0.848. The second-order valence-corrected chi connectivity index (χ2v) is 4.04. The topological polar surface area (TPSA) is 54.5 Å². The van der Waals surface area contributed by atoms with Gasteiger partial charge in [-0.05, 0) is 23.8 Å². The summed E-state index contributed by atoms with van der Waals surface area (Å²) in [6, 6.07) is 19.4. The third-order valence-electron chi connectivity index (χ3n) is 2.80. The molecule has 0 bridgehead atoms. The van der Waals surface area contributed by atoms with Crippen molar-refractivity contribution in [3.05, 3.63) is 60.2 Å². The molecule has 0 fully saturated rings. The first-order valence-electron chi connectivity index (χ1n) is 5.86. The zero-order valence-electron chi connectivity index (χ0n) is 10.1. The lowest BCUT2D eigenvalue weighted by Gasteiger charge is -1.99. The van der Waals surface area contributed by atoms with Gasteiger partial charge in [-0.15, -0.1) is 5.10 Å². The number of nitriles is 1. The first-order valence-corrected chi connectivity index (χ1v) is 5.86. The van der Waals surface area contributed by atoms with Gasteiger partial charge in [-0.1, -0.05) is 47.7 Å². The molecule has 0 radical (unpaired) electrons.